The first-order valence-corrected chi connectivity index (χ1v) is 13.4. The third-order valence-electron chi connectivity index (χ3n) is 7.99. The summed E-state index contributed by atoms with van der Waals surface area (Å²) in [5.41, 5.74) is 3.84. The Kier molecular flexibility index (Phi) is 6.55. The molecule has 4 aromatic heterocycles. The molecule has 2 fully saturated rings. The van der Waals surface area contributed by atoms with Gasteiger partial charge >= 0.3 is 0 Å². The molecule has 10 heteroatoms. The van der Waals surface area contributed by atoms with Gasteiger partial charge in [0.15, 0.2) is 11.5 Å². The number of fused-ring (bicyclic) bond motifs is 2. The van der Waals surface area contributed by atoms with Crippen molar-refractivity contribution >= 4 is 22.5 Å². The summed E-state index contributed by atoms with van der Waals surface area (Å²) in [7, 11) is 1.94. The van der Waals surface area contributed by atoms with Gasteiger partial charge in [0.05, 0.1) is 35.1 Å². The Labute approximate surface area is 220 Å². The highest BCUT2D eigenvalue weighted by molar-refractivity contribution is 5.83. The van der Waals surface area contributed by atoms with Gasteiger partial charge in [0, 0.05) is 37.9 Å². The van der Waals surface area contributed by atoms with E-state index in [1.54, 1.807) is 29.0 Å². The van der Waals surface area contributed by atoms with E-state index in [2.05, 4.69) is 16.1 Å². The summed E-state index contributed by atoms with van der Waals surface area (Å²) < 4.78 is 3.53. The van der Waals surface area contributed by atoms with E-state index in [4.69, 9.17) is 9.97 Å². The van der Waals surface area contributed by atoms with E-state index >= 15 is 0 Å². The van der Waals surface area contributed by atoms with Gasteiger partial charge in [0.1, 0.15) is 5.52 Å². The van der Waals surface area contributed by atoms with Crippen LogP contribution in [0, 0.1) is 11.3 Å². The summed E-state index contributed by atoms with van der Waals surface area (Å²) in [5, 5.41) is 23.9. The number of pyridine rings is 2. The van der Waals surface area contributed by atoms with E-state index in [1.165, 1.54) is 12.8 Å². The molecular formula is C28H32N8O2. The minimum absolute atomic E-state index is 0.0565. The summed E-state index contributed by atoms with van der Waals surface area (Å²) in [5.74, 6) is 0.437. The fourth-order valence-electron chi connectivity index (χ4n) is 5.78. The Morgan fingerprint density at radius 1 is 1.13 bits per heavy atom. The molecule has 0 spiro atoms. The normalized spacial score (nSPS) is 20.2. The second-order valence-corrected chi connectivity index (χ2v) is 10.5. The molecule has 0 bridgehead atoms. The molecule has 1 saturated carbocycles. The molecule has 2 aliphatic rings. The van der Waals surface area contributed by atoms with Gasteiger partial charge in [0.2, 0.25) is 0 Å². The van der Waals surface area contributed by atoms with Crippen molar-refractivity contribution in [3.05, 3.63) is 52.6 Å². The minimum Gasteiger partial charge on any atom is -0.393 e. The molecular weight excluding hydrogens is 480 g/mol. The first-order chi connectivity index (χ1) is 18.5. The number of anilines is 1. The van der Waals surface area contributed by atoms with Gasteiger partial charge in [-0.05, 0) is 75.9 Å². The van der Waals surface area contributed by atoms with Crippen molar-refractivity contribution in [2.75, 3.05) is 38.1 Å². The summed E-state index contributed by atoms with van der Waals surface area (Å²) in [4.78, 5) is 28.1. The number of nitriles is 1. The zero-order valence-electron chi connectivity index (χ0n) is 21.6. The van der Waals surface area contributed by atoms with Crippen LogP contribution in [0.2, 0.25) is 0 Å². The highest BCUT2D eigenvalue weighted by Gasteiger charge is 2.27. The standard InChI is InChI=1S/C28H32N8O2/c1-33(14-15-34-11-2-3-12-34)27-28(38)36(20-4-6-21(37)7-5-20)26-24(32-27)9-8-23(31-26)22-18-30-35-13-10-19(17-29)16-25(22)35/h8-10,13,16,18,20-21,37H,2-7,11-12,14-15H2,1H3. The molecule has 1 aliphatic carbocycles. The van der Waals surface area contributed by atoms with Crippen molar-refractivity contribution in [1.82, 2.24) is 29.0 Å². The zero-order chi connectivity index (χ0) is 26.2. The number of likely N-dealkylation sites (N-methyl/N-ethyl adjacent to an activating group) is 1. The van der Waals surface area contributed by atoms with Crippen molar-refractivity contribution in [2.45, 2.75) is 50.7 Å². The Morgan fingerprint density at radius 3 is 2.68 bits per heavy atom. The number of hydrogen-bond donors (Lipinski definition) is 1. The minimum atomic E-state index is -0.325. The summed E-state index contributed by atoms with van der Waals surface area (Å²) >= 11 is 0. The first kappa shape index (κ1) is 24.5. The van der Waals surface area contributed by atoms with Gasteiger partial charge in [-0.2, -0.15) is 10.4 Å². The van der Waals surface area contributed by atoms with Gasteiger partial charge in [-0.25, -0.2) is 14.5 Å². The van der Waals surface area contributed by atoms with Gasteiger partial charge < -0.3 is 14.9 Å². The number of likely N-dealkylation sites (tertiary alicyclic amines) is 1. The second-order valence-electron chi connectivity index (χ2n) is 10.5. The van der Waals surface area contributed by atoms with Crippen LogP contribution in [0.15, 0.2) is 41.5 Å². The summed E-state index contributed by atoms with van der Waals surface area (Å²) in [6.45, 7) is 3.85. The zero-order valence-corrected chi connectivity index (χ0v) is 21.6. The van der Waals surface area contributed by atoms with Crippen LogP contribution in [0.3, 0.4) is 0 Å². The molecule has 1 N–H and O–H groups in total. The third kappa shape index (κ3) is 4.52. The molecule has 0 amide bonds. The highest BCUT2D eigenvalue weighted by Crippen LogP contribution is 2.31. The monoisotopic (exact) mass is 512 g/mol. The molecule has 1 saturated heterocycles. The Balaban J connectivity index is 1.45. The van der Waals surface area contributed by atoms with Crippen LogP contribution < -0.4 is 10.5 Å². The SMILES string of the molecule is CN(CCN1CCCC1)c1nc2ccc(-c3cnn4ccc(C#N)cc34)nc2n(C2CCC(O)CC2)c1=O. The van der Waals surface area contributed by atoms with Crippen molar-refractivity contribution in [3.63, 3.8) is 0 Å². The van der Waals surface area contributed by atoms with Gasteiger partial charge in [-0.1, -0.05) is 0 Å². The Hall–Kier alpha value is -3.81. The van der Waals surface area contributed by atoms with Crippen LogP contribution in [0.4, 0.5) is 5.82 Å². The number of hydrogen-bond acceptors (Lipinski definition) is 8. The predicted octanol–water partition coefficient (Wildman–Crippen LogP) is 2.99. The molecule has 0 aromatic carbocycles. The molecule has 6 rings (SSSR count). The Bertz CT molecular complexity index is 1570. The lowest BCUT2D eigenvalue weighted by atomic mass is 9.93. The van der Waals surface area contributed by atoms with Gasteiger partial charge in [0.25, 0.3) is 5.56 Å². The van der Waals surface area contributed by atoms with E-state index in [0.717, 1.165) is 37.3 Å². The smallest absolute Gasteiger partial charge is 0.295 e. The molecule has 38 heavy (non-hydrogen) atoms. The maximum absolute atomic E-state index is 14.0. The highest BCUT2D eigenvalue weighted by atomic mass is 16.3. The summed E-state index contributed by atoms with van der Waals surface area (Å²) in [6, 6.07) is 9.46. The predicted molar refractivity (Wildman–Crippen MR) is 145 cm³/mol. The van der Waals surface area contributed by atoms with E-state index in [1.807, 2.05) is 28.6 Å². The lowest BCUT2D eigenvalue weighted by Crippen LogP contribution is -2.38. The quantitative estimate of drug-likeness (QED) is 0.419. The van der Waals surface area contributed by atoms with E-state index in [9.17, 15) is 15.2 Å². The van der Waals surface area contributed by atoms with Crippen LogP contribution in [0.25, 0.3) is 27.9 Å². The van der Waals surface area contributed by atoms with E-state index < -0.39 is 0 Å². The van der Waals surface area contributed by atoms with Gasteiger partial charge in [-0.3, -0.25) is 9.36 Å². The van der Waals surface area contributed by atoms with E-state index in [-0.39, 0.29) is 17.7 Å². The topological polar surface area (TPSA) is 116 Å². The van der Waals surface area contributed by atoms with Crippen molar-refractivity contribution < 1.29 is 5.11 Å². The molecule has 0 radical (unpaired) electrons. The molecule has 0 atom stereocenters. The number of rotatable bonds is 6. The molecule has 10 nitrogen and oxygen atoms in total. The molecule has 5 heterocycles. The van der Waals surface area contributed by atoms with Crippen LogP contribution in [-0.2, 0) is 0 Å². The molecule has 4 aromatic rings. The third-order valence-corrected chi connectivity index (χ3v) is 7.99. The maximum Gasteiger partial charge on any atom is 0.295 e. The van der Waals surface area contributed by atoms with Gasteiger partial charge in [-0.15, -0.1) is 0 Å². The summed E-state index contributed by atoms with van der Waals surface area (Å²) in [6.07, 6.45) is 8.38. The lowest BCUT2D eigenvalue weighted by Gasteiger charge is -2.29. The molecule has 196 valence electrons. The number of aliphatic hydroxyl groups excluding tert-OH is 1. The van der Waals surface area contributed by atoms with Crippen LogP contribution in [-0.4, -0.2) is 73.5 Å². The van der Waals surface area contributed by atoms with Crippen molar-refractivity contribution in [3.8, 4) is 17.3 Å². The second kappa shape index (κ2) is 10.2. The fraction of sp³-hybridized carbons (Fsp3) is 0.464. The average Bonchev–Trinajstić information content (AvgIpc) is 3.61. The van der Waals surface area contributed by atoms with Crippen LogP contribution in [0.1, 0.15) is 50.1 Å². The Morgan fingerprint density at radius 2 is 1.92 bits per heavy atom. The number of nitrogens with zero attached hydrogens (tertiary/aromatic N) is 8. The fourth-order valence-corrected chi connectivity index (χ4v) is 5.78. The van der Waals surface area contributed by atoms with Crippen molar-refractivity contribution in [1.29, 1.82) is 5.26 Å². The largest absolute Gasteiger partial charge is 0.393 e. The maximum atomic E-state index is 14.0. The number of aliphatic hydroxyl groups is 1. The van der Waals surface area contributed by atoms with Crippen LogP contribution in [0.5, 0.6) is 0 Å². The number of aromatic nitrogens is 5. The van der Waals surface area contributed by atoms with E-state index in [0.29, 0.717) is 53.9 Å². The average molecular weight is 513 g/mol. The lowest BCUT2D eigenvalue weighted by molar-refractivity contribution is 0.111. The molecule has 1 aliphatic heterocycles. The van der Waals surface area contributed by atoms with Crippen LogP contribution >= 0.6 is 0 Å². The molecule has 0 unspecified atom stereocenters. The first-order valence-electron chi connectivity index (χ1n) is 13.4. The van der Waals surface area contributed by atoms with Crippen molar-refractivity contribution in [2.24, 2.45) is 0 Å².